The summed E-state index contributed by atoms with van der Waals surface area (Å²) in [7, 11) is 0. The van der Waals surface area contributed by atoms with Crippen LogP contribution in [0.3, 0.4) is 0 Å². The van der Waals surface area contributed by atoms with Gasteiger partial charge >= 0.3 is 0 Å². The third-order valence-corrected chi connectivity index (χ3v) is 2.81. The number of rotatable bonds is 1. The maximum Gasteiger partial charge on any atom is 0.136 e. The Labute approximate surface area is 88.1 Å². The molecule has 1 aliphatic rings. The average molecular weight is 212 g/mol. The molecule has 0 amide bonds. The van der Waals surface area contributed by atoms with Crippen molar-refractivity contribution < 1.29 is 13.5 Å². The van der Waals surface area contributed by atoms with Gasteiger partial charge in [0.05, 0.1) is 6.61 Å². The van der Waals surface area contributed by atoms with E-state index in [-0.39, 0.29) is 17.4 Å². The number of halogens is 2. The maximum absolute atomic E-state index is 14.0. The highest BCUT2D eigenvalue weighted by molar-refractivity contribution is 5.45. The molecule has 0 N–H and O–H groups in total. The zero-order valence-electron chi connectivity index (χ0n) is 9.10. The molecular formula is C12H14F2O. The van der Waals surface area contributed by atoms with Crippen molar-refractivity contribution in [3.05, 3.63) is 28.8 Å². The first-order valence-corrected chi connectivity index (χ1v) is 5.17. The first kappa shape index (κ1) is 10.4. The van der Waals surface area contributed by atoms with Crippen molar-refractivity contribution in [2.45, 2.75) is 32.6 Å². The molecule has 1 unspecified atom stereocenters. The van der Waals surface area contributed by atoms with E-state index in [1.54, 1.807) is 13.8 Å². The fourth-order valence-electron chi connectivity index (χ4n) is 2.03. The van der Waals surface area contributed by atoms with E-state index in [0.717, 1.165) is 0 Å². The van der Waals surface area contributed by atoms with Gasteiger partial charge < -0.3 is 4.74 Å². The minimum absolute atomic E-state index is 0.0121. The highest BCUT2D eigenvalue weighted by Gasteiger charge is 2.29. The summed E-state index contributed by atoms with van der Waals surface area (Å²) in [6.45, 7) is 5.90. The molecule has 0 aliphatic carbocycles. The van der Waals surface area contributed by atoms with Gasteiger partial charge in [-0.2, -0.15) is 0 Å². The summed E-state index contributed by atoms with van der Waals surface area (Å²) in [4.78, 5) is 0. The second kappa shape index (κ2) is 3.47. The van der Waals surface area contributed by atoms with Crippen LogP contribution < -0.4 is 4.74 Å². The van der Waals surface area contributed by atoms with Gasteiger partial charge in [-0.05, 0) is 5.92 Å². The van der Waals surface area contributed by atoms with E-state index in [1.807, 2.05) is 6.92 Å². The molecule has 1 atom stereocenters. The van der Waals surface area contributed by atoms with Gasteiger partial charge in [-0.1, -0.05) is 20.8 Å². The number of ether oxygens (including phenoxy) is 1. The molecule has 0 bridgehead atoms. The molecule has 1 aromatic rings. The molecule has 0 spiro atoms. The van der Waals surface area contributed by atoms with E-state index < -0.39 is 11.6 Å². The summed E-state index contributed by atoms with van der Waals surface area (Å²) in [6, 6.07) is 1.30. The fourth-order valence-corrected chi connectivity index (χ4v) is 2.03. The van der Waals surface area contributed by atoms with E-state index in [2.05, 4.69) is 0 Å². The summed E-state index contributed by atoms with van der Waals surface area (Å²) in [5.41, 5.74) is 0.700. The molecule has 1 aromatic carbocycles. The first-order chi connectivity index (χ1) is 7.02. The predicted octanol–water partition coefficient (Wildman–Crippen LogP) is 3.58. The summed E-state index contributed by atoms with van der Waals surface area (Å²) in [5.74, 6) is -0.705. The van der Waals surface area contributed by atoms with Gasteiger partial charge in [-0.15, -0.1) is 0 Å². The minimum atomic E-state index is -0.504. The van der Waals surface area contributed by atoms with E-state index in [0.29, 0.717) is 17.9 Å². The Morgan fingerprint density at radius 2 is 2.07 bits per heavy atom. The van der Waals surface area contributed by atoms with Gasteiger partial charge in [-0.25, -0.2) is 8.78 Å². The van der Waals surface area contributed by atoms with E-state index >= 15 is 0 Å². The van der Waals surface area contributed by atoms with Crippen LogP contribution in [0.1, 0.15) is 43.7 Å². The average Bonchev–Trinajstić information content (AvgIpc) is 2.46. The lowest BCUT2D eigenvalue weighted by Gasteiger charge is -2.12. The second-order valence-electron chi connectivity index (χ2n) is 4.36. The summed E-state index contributed by atoms with van der Waals surface area (Å²) in [6.07, 6.45) is 0. The molecule has 0 fully saturated rings. The van der Waals surface area contributed by atoms with Crippen molar-refractivity contribution in [2.24, 2.45) is 0 Å². The smallest absolute Gasteiger partial charge is 0.136 e. The zero-order valence-corrected chi connectivity index (χ0v) is 9.10. The highest BCUT2D eigenvalue weighted by Crippen LogP contribution is 2.39. The molecule has 0 radical (unpaired) electrons. The molecule has 1 aliphatic heterocycles. The summed E-state index contributed by atoms with van der Waals surface area (Å²) >= 11 is 0. The Morgan fingerprint density at radius 3 is 2.67 bits per heavy atom. The first-order valence-electron chi connectivity index (χ1n) is 5.17. The highest BCUT2D eigenvalue weighted by atomic mass is 19.1. The Kier molecular flexibility index (Phi) is 2.41. The molecule has 2 rings (SSSR count). The molecule has 0 aromatic heterocycles. The Hall–Kier alpha value is -1.12. The van der Waals surface area contributed by atoms with Crippen molar-refractivity contribution in [3.63, 3.8) is 0 Å². The third-order valence-electron chi connectivity index (χ3n) is 2.81. The van der Waals surface area contributed by atoms with Crippen molar-refractivity contribution in [3.8, 4) is 5.75 Å². The lowest BCUT2D eigenvalue weighted by molar-refractivity contribution is 0.336. The SMILES string of the molecule is CC(C)c1c(F)cc2c(c1F)C(C)CO2. The Balaban J connectivity index is 2.65. The van der Waals surface area contributed by atoms with Gasteiger partial charge in [0.1, 0.15) is 17.4 Å². The van der Waals surface area contributed by atoms with Crippen LogP contribution in [0.5, 0.6) is 5.75 Å². The van der Waals surface area contributed by atoms with E-state index in [4.69, 9.17) is 4.74 Å². The topological polar surface area (TPSA) is 9.23 Å². The van der Waals surface area contributed by atoms with Crippen LogP contribution in [-0.2, 0) is 0 Å². The fraction of sp³-hybridized carbons (Fsp3) is 0.500. The summed E-state index contributed by atoms with van der Waals surface area (Å²) in [5, 5.41) is 0. The minimum Gasteiger partial charge on any atom is -0.492 e. The number of hydrogen-bond acceptors (Lipinski definition) is 1. The standard InChI is InChI=1S/C12H14F2O/c1-6(2)10-8(13)4-9-11(12(10)14)7(3)5-15-9/h4,6-7H,5H2,1-3H3. The van der Waals surface area contributed by atoms with Crippen LogP contribution in [0.15, 0.2) is 6.07 Å². The Bertz CT molecular complexity index is 395. The number of benzene rings is 1. The van der Waals surface area contributed by atoms with Gasteiger partial charge in [0.15, 0.2) is 0 Å². The van der Waals surface area contributed by atoms with Gasteiger partial charge in [-0.3, -0.25) is 0 Å². The Morgan fingerprint density at radius 1 is 1.40 bits per heavy atom. The van der Waals surface area contributed by atoms with Crippen molar-refractivity contribution >= 4 is 0 Å². The molecule has 15 heavy (non-hydrogen) atoms. The van der Waals surface area contributed by atoms with Crippen molar-refractivity contribution in [1.29, 1.82) is 0 Å². The lowest BCUT2D eigenvalue weighted by Crippen LogP contribution is -2.03. The maximum atomic E-state index is 14.0. The lowest BCUT2D eigenvalue weighted by atomic mass is 9.94. The quantitative estimate of drug-likeness (QED) is 0.691. The van der Waals surface area contributed by atoms with Crippen LogP contribution in [0.25, 0.3) is 0 Å². The third kappa shape index (κ3) is 1.50. The van der Waals surface area contributed by atoms with E-state index in [9.17, 15) is 8.78 Å². The monoisotopic (exact) mass is 212 g/mol. The van der Waals surface area contributed by atoms with Crippen LogP contribution in [-0.4, -0.2) is 6.61 Å². The van der Waals surface area contributed by atoms with Crippen LogP contribution in [0.2, 0.25) is 0 Å². The van der Waals surface area contributed by atoms with Crippen LogP contribution in [0, 0.1) is 11.6 Å². The molecule has 82 valence electrons. The zero-order chi connectivity index (χ0) is 11.2. The molecule has 3 heteroatoms. The van der Waals surface area contributed by atoms with Gasteiger partial charge in [0.2, 0.25) is 0 Å². The molecular weight excluding hydrogens is 198 g/mol. The van der Waals surface area contributed by atoms with Crippen molar-refractivity contribution in [1.82, 2.24) is 0 Å². The molecule has 0 saturated carbocycles. The van der Waals surface area contributed by atoms with Crippen LogP contribution in [0.4, 0.5) is 8.78 Å². The van der Waals surface area contributed by atoms with Crippen molar-refractivity contribution in [2.75, 3.05) is 6.61 Å². The second-order valence-corrected chi connectivity index (χ2v) is 4.36. The molecule has 0 saturated heterocycles. The summed E-state index contributed by atoms with van der Waals surface area (Å²) < 4.78 is 32.8. The van der Waals surface area contributed by atoms with Gasteiger partial charge in [0, 0.05) is 23.1 Å². The van der Waals surface area contributed by atoms with Gasteiger partial charge in [0.25, 0.3) is 0 Å². The number of fused-ring (bicyclic) bond motifs is 1. The number of hydrogen-bond donors (Lipinski definition) is 0. The van der Waals surface area contributed by atoms with Crippen LogP contribution >= 0.6 is 0 Å². The predicted molar refractivity (Wildman–Crippen MR) is 54.4 cm³/mol. The molecule has 1 nitrogen and oxygen atoms in total. The van der Waals surface area contributed by atoms with E-state index in [1.165, 1.54) is 6.07 Å². The normalized spacial score (nSPS) is 19.2. The largest absolute Gasteiger partial charge is 0.492 e. The molecule has 1 heterocycles.